The van der Waals surface area contributed by atoms with Crippen molar-refractivity contribution in [2.75, 3.05) is 26.9 Å². The molecule has 96 valence electrons. The van der Waals surface area contributed by atoms with Gasteiger partial charge in [0, 0.05) is 32.5 Å². The largest absolute Gasteiger partial charge is 0.385 e. The Morgan fingerprint density at radius 1 is 1.18 bits per heavy atom. The molecule has 2 amide bonds. The van der Waals surface area contributed by atoms with Gasteiger partial charge in [0.25, 0.3) is 11.8 Å². The molecule has 0 N–H and O–H groups in total. The van der Waals surface area contributed by atoms with E-state index in [4.69, 9.17) is 9.47 Å². The van der Waals surface area contributed by atoms with E-state index in [9.17, 15) is 9.59 Å². The summed E-state index contributed by atoms with van der Waals surface area (Å²) in [6.07, 6.45) is 4.45. The highest BCUT2D eigenvalue weighted by Gasteiger charge is 2.28. The molecule has 1 rings (SSSR count). The molecule has 1 aliphatic heterocycles. The first-order valence-electron chi connectivity index (χ1n) is 5.78. The number of nitrogens with zero attached hydrogens (tertiary/aromatic N) is 1. The number of hydrogen-bond donors (Lipinski definition) is 0. The number of ether oxygens (including phenoxy) is 2. The second kappa shape index (κ2) is 7.19. The van der Waals surface area contributed by atoms with Crippen molar-refractivity contribution in [2.24, 2.45) is 0 Å². The Morgan fingerprint density at radius 2 is 1.76 bits per heavy atom. The maximum atomic E-state index is 11.3. The minimum Gasteiger partial charge on any atom is -0.385 e. The van der Waals surface area contributed by atoms with Gasteiger partial charge >= 0.3 is 0 Å². The quantitative estimate of drug-likeness (QED) is 0.464. The van der Waals surface area contributed by atoms with Crippen molar-refractivity contribution in [3.05, 3.63) is 12.2 Å². The van der Waals surface area contributed by atoms with Gasteiger partial charge in [-0.2, -0.15) is 0 Å². The molecule has 0 aliphatic carbocycles. The summed E-state index contributed by atoms with van der Waals surface area (Å²) in [5.41, 5.74) is 0. The number of imide groups is 1. The molecule has 0 spiro atoms. The summed E-state index contributed by atoms with van der Waals surface area (Å²) in [7, 11) is 1.67. The van der Waals surface area contributed by atoms with Crippen LogP contribution in [0.4, 0.5) is 0 Å². The normalized spacial score (nSPS) is 16.9. The lowest BCUT2D eigenvalue weighted by Gasteiger charge is -2.22. The van der Waals surface area contributed by atoms with Crippen molar-refractivity contribution >= 4 is 11.8 Å². The first kappa shape index (κ1) is 13.9. The number of rotatable bonds is 8. The third kappa shape index (κ3) is 4.28. The molecule has 0 saturated carbocycles. The molecule has 1 unspecified atom stereocenters. The summed E-state index contributed by atoms with van der Waals surface area (Å²) in [5, 5.41) is 0. The summed E-state index contributed by atoms with van der Waals surface area (Å²) < 4.78 is 10.3. The SMILES string of the molecule is COCCCCOCC(C)N1C(=O)C=CC1=O. The minimum absolute atomic E-state index is 0.215. The second-order valence-electron chi connectivity index (χ2n) is 4.00. The fraction of sp³-hybridized carbons (Fsp3) is 0.667. The van der Waals surface area contributed by atoms with E-state index in [2.05, 4.69) is 0 Å². The molecule has 5 nitrogen and oxygen atoms in total. The molecule has 0 radical (unpaired) electrons. The van der Waals surface area contributed by atoms with Crippen molar-refractivity contribution in [1.29, 1.82) is 0 Å². The lowest BCUT2D eigenvalue weighted by atomic mass is 10.3. The van der Waals surface area contributed by atoms with Crippen LogP contribution in [-0.4, -0.2) is 49.7 Å². The summed E-state index contributed by atoms with van der Waals surface area (Å²) in [6.45, 7) is 3.54. The highest BCUT2D eigenvalue weighted by molar-refractivity contribution is 6.13. The zero-order chi connectivity index (χ0) is 12.7. The highest BCUT2D eigenvalue weighted by atomic mass is 16.5. The van der Waals surface area contributed by atoms with Crippen LogP contribution in [0.2, 0.25) is 0 Å². The van der Waals surface area contributed by atoms with Crippen molar-refractivity contribution < 1.29 is 19.1 Å². The number of amides is 2. The van der Waals surface area contributed by atoms with Crippen LogP contribution < -0.4 is 0 Å². The zero-order valence-corrected chi connectivity index (χ0v) is 10.3. The van der Waals surface area contributed by atoms with Gasteiger partial charge in [0.2, 0.25) is 0 Å². The maximum Gasteiger partial charge on any atom is 0.253 e. The van der Waals surface area contributed by atoms with E-state index in [1.807, 2.05) is 0 Å². The first-order valence-corrected chi connectivity index (χ1v) is 5.78. The molecular weight excluding hydrogens is 222 g/mol. The summed E-state index contributed by atoms with van der Waals surface area (Å²) in [5.74, 6) is -0.518. The van der Waals surface area contributed by atoms with Gasteiger partial charge in [0.1, 0.15) is 0 Å². The third-order valence-electron chi connectivity index (χ3n) is 2.53. The van der Waals surface area contributed by atoms with E-state index in [1.54, 1.807) is 14.0 Å². The molecule has 5 heteroatoms. The Bertz CT molecular complexity index is 283. The van der Waals surface area contributed by atoms with Crippen LogP contribution in [0.15, 0.2) is 12.2 Å². The predicted octanol–water partition coefficient (Wildman–Crippen LogP) is 0.743. The molecule has 1 atom stereocenters. The van der Waals surface area contributed by atoms with Gasteiger partial charge in [-0.3, -0.25) is 14.5 Å². The number of carbonyl (C=O) groups excluding carboxylic acids is 2. The van der Waals surface area contributed by atoms with Crippen LogP contribution in [0.5, 0.6) is 0 Å². The average Bonchev–Trinajstić information content (AvgIpc) is 2.63. The standard InChI is InChI=1S/C12H19NO4/c1-10(9-17-8-4-3-7-16-2)13-11(14)5-6-12(13)15/h5-6,10H,3-4,7-9H2,1-2H3. The molecule has 0 saturated heterocycles. The van der Waals surface area contributed by atoms with Crippen LogP contribution >= 0.6 is 0 Å². The molecule has 0 aromatic heterocycles. The second-order valence-corrected chi connectivity index (χ2v) is 4.00. The fourth-order valence-electron chi connectivity index (χ4n) is 1.63. The Balaban J connectivity index is 2.15. The van der Waals surface area contributed by atoms with Crippen LogP contribution in [0.3, 0.4) is 0 Å². The summed E-state index contributed by atoms with van der Waals surface area (Å²) in [4.78, 5) is 23.9. The van der Waals surface area contributed by atoms with Crippen molar-refractivity contribution in [1.82, 2.24) is 4.90 Å². The van der Waals surface area contributed by atoms with Crippen molar-refractivity contribution in [3.8, 4) is 0 Å². The molecule has 0 fully saturated rings. The van der Waals surface area contributed by atoms with Gasteiger partial charge in [0.15, 0.2) is 0 Å². The highest BCUT2D eigenvalue weighted by Crippen LogP contribution is 2.09. The molecule has 17 heavy (non-hydrogen) atoms. The van der Waals surface area contributed by atoms with Gasteiger partial charge in [0.05, 0.1) is 12.6 Å². The third-order valence-corrected chi connectivity index (χ3v) is 2.53. The Kier molecular flexibility index (Phi) is 5.86. The summed E-state index contributed by atoms with van der Waals surface area (Å²) >= 11 is 0. The van der Waals surface area contributed by atoms with Crippen molar-refractivity contribution in [3.63, 3.8) is 0 Å². The van der Waals surface area contributed by atoms with Crippen molar-refractivity contribution in [2.45, 2.75) is 25.8 Å². The average molecular weight is 241 g/mol. The van der Waals surface area contributed by atoms with E-state index >= 15 is 0 Å². The van der Waals surface area contributed by atoms with Gasteiger partial charge in [-0.25, -0.2) is 0 Å². The van der Waals surface area contributed by atoms with Gasteiger partial charge < -0.3 is 9.47 Å². The van der Waals surface area contributed by atoms with E-state index in [0.29, 0.717) is 13.2 Å². The van der Waals surface area contributed by atoms with Gasteiger partial charge in [-0.1, -0.05) is 0 Å². The number of unbranched alkanes of at least 4 members (excludes halogenated alkanes) is 1. The smallest absolute Gasteiger partial charge is 0.253 e. The number of methoxy groups -OCH3 is 1. The fourth-order valence-corrected chi connectivity index (χ4v) is 1.63. The Labute approximate surface area is 101 Å². The molecule has 0 bridgehead atoms. The van der Waals surface area contributed by atoms with Crippen LogP contribution in [0, 0.1) is 0 Å². The molecule has 0 aromatic carbocycles. The zero-order valence-electron chi connectivity index (χ0n) is 10.3. The lowest BCUT2D eigenvalue weighted by Crippen LogP contribution is -2.40. The summed E-state index contributed by atoms with van der Waals surface area (Å²) in [6, 6.07) is -0.215. The monoisotopic (exact) mass is 241 g/mol. The first-order chi connectivity index (χ1) is 8.16. The topological polar surface area (TPSA) is 55.8 Å². The van der Waals surface area contributed by atoms with Gasteiger partial charge in [-0.15, -0.1) is 0 Å². The molecular formula is C12H19NO4. The lowest BCUT2D eigenvalue weighted by molar-refractivity contribution is -0.140. The van der Waals surface area contributed by atoms with E-state index in [-0.39, 0.29) is 17.9 Å². The molecule has 1 heterocycles. The predicted molar refractivity (Wildman–Crippen MR) is 62.4 cm³/mol. The molecule has 1 aliphatic rings. The number of hydrogen-bond acceptors (Lipinski definition) is 4. The molecule has 0 aromatic rings. The Morgan fingerprint density at radius 3 is 2.35 bits per heavy atom. The minimum atomic E-state index is -0.259. The Hall–Kier alpha value is -1.20. The number of carbonyl (C=O) groups is 2. The van der Waals surface area contributed by atoms with Crippen LogP contribution in [-0.2, 0) is 19.1 Å². The van der Waals surface area contributed by atoms with Gasteiger partial charge in [-0.05, 0) is 19.8 Å². The maximum absolute atomic E-state index is 11.3. The van der Waals surface area contributed by atoms with Crippen LogP contribution in [0.25, 0.3) is 0 Å². The van der Waals surface area contributed by atoms with E-state index in [1.165, 1.54) is 17.1 Å². The van der Waals surface area contributed by atoms with E-state index < -0.39 is 0 Å². The van der Waals surface area contributed by atoms with Crippen LogP contribution in [0.1, 0.15) is 19.8 Å². The van der Waals surface area contributed by atoms with E-state index in [0.717, 1.165) is 19.4 Å².